The summed E-state index contributed by atoms with van der Waals surface area (Å²) in [5.41, 5.74) is -0.680. The van der Waals surface area contributed by atoms with E-state index in [0.29, 0.717) is 5.56 Å². The molecule has 1 spiro atoms. The Kier molecular flexibility index (Phi) is 5.17. The third kappa shape index (κ3) is 3.09. The minimum atomic E-state index is -2.12. The van der Waals surface area contributed by atoms with Gasteiger partial charge >= 0.3 is 5.97 Å². The highest BCUT2D eigenvalue weighted by Gasteiger charge is 2.74. The largest absolute Gasteiger partial charge is 0.462 e. The van der Waals surface area contributed by atoms with E-state index in [4.69, 9.17) is 9.47 Å². The summed E-state index contributed by atoms with van der Waals surface area (Å²) in [4.78, 5) is 68.3. The van der Waals surface area contributed by atoms with E-state index in [1.807, 2.05) is 0 Å². The second kappa shape index (κ2) is 8.31. The van der Waals surface area contributed by atoms with E-state index < -0.39 is 52.9 Å². The van der Waals surface area contributed by atoms with Gasteiger partial charge in [-0.15, -0.1) is 0 Å². The molecule has 8 nitrogen and oxygen atoms in total. The van der Waals surface area contributed by atoms with Crippen molar-refractivity contribution in [3.63, 3.8) is 0 Å². The minimum absolute atomic E-state index is 0.178. The van der Waals surface area contributed by atoms with Crippen LogP contribution in [0.3, 0.4) is 0 Å². The molecule has 3 aromatic rings. The number of ketones is 2. The van der Waals surface area contributed by atoms with Crippen LogP contribution in [0.15, 0.2) is 78.9 Å². The normalized spacial score (nSPS) is 23.5. The summed E-state index contributed by atoms with van der Waals surface area (Å²) in [5.74, 6) is -5.41. The molecule has 184 valence electrons. The van der Waals surface area contributed by atoms with Crippen molar-refractivity contribution in [3.05, 3.63) is 101 Å². The van der Waals surface area contributed by atoms with Gasteiger partial charge in [-0.25, -0.2) is 9.69 Å². The molecule has 3 atom stereocenters. The van der Waals surface area contributed by atoms with Crippen LogP contribution < -0.4 is 4.90 Å². The molecule has 2 heterocycles. The SMILES string of the molecule is CCOC(=O)c1ccc(N2C(=O)[C@@H]3[C@@H](c4ccccc4)OC4(C(=O)c5ccccc5C4=O)[C@H]3C2=O)cc1. The van der Waals surface area contributed by atoms with Crippen molar-refractivity contribution < 1.29 is 33.4 Å². The molecule has 2 aliphatic heterocycles. The van der Waals surface area contributed by atoms with Crippen LogP contribution in [-0.2, 0) is 19.1 Å². The van der Waals surface area contributed by atoms with Crippen LogP contribution in [0.25, 0.3) is 0 Å². The molecule has 3 aromatic carbocycles. The summed E-state index contributed by atoms with van der Waals surface area (Å²) in [6.45, 7) is 1.90. The maximum atomic E-state index is 13.9. The fourth-order valence-corrected chi connectivity index (χ4v) is 5.68. The molecular formula is C29H21NO7. The molecule has 0 unspecified atom stereocenters. The molecular weight excluding hydrogens is 474 g/mol. The zero-order valence-corrected chi connectivity index (χ0v) is 19.7. The van der Waals surface area contributed by atoms with E-state index in [2.05, 4.69) is 0 Å². The predicted molar refractivity (Wildman–Crippen MR) is 130 cm³/mol. The number of carbonyl (C=O) groups is 5. The van der Waals surface area contributed by atoms with Crippen molar-refractivity contribution >= 4 is 35.0 Å². The molecule has 6 rings (SSSR count). The lowest BCUT2D eigenvalue weighted by atomic mass is 9.77. The van der Waals surface area contributed by atoms with E-state index in [-0.39, 0.29) is 29.0 Å². The van der Waals surface area contributed by atoms with Gasteiger partial charge in [-0.2, -0.15) is 0 Å². The summed E-state index contributed by atoms with van der Waals surface area (Å²) in [6, 6.07) is 21.0. The lowest BCUT2D eigenvalue weighted by Gasteiger charge is -2.27. The molecule has 2 saturated heterocycles. The van der Waals surface area contributed by atoms with Crippen molar-refractivity contribution in [2.45, 2.75) is 18.6 Å². The van der Waals surface area contributed by atoms with Crippen molar-refractivity contribution in [1.82, 2.24) is 0 Å². The van der Waals surface area contributed by atoms with Gasteiger partial charge in [0.25, 0.3) is 0 Å². The van der Waals surface area contributed by atoms with Crippen LogP contribution in [0, 0.1) is 11.8 Å². The standard InChI is InChI=1S/C29H21NO7/c1-2-36-28(35)17-12-14-18(15-13-17)30-26(33)21-22(27(30)34)29(37-23(21)16-8-4-3-5-9-16)24(31)19-10-6-7-11-20(19)25(29)32/h3-15,21-23H,2H2,1H3/t21-,22+,23+/m0/s1. The number of nitrogens with zero attached hydrogens (tertiary/aromatic N) is 1. The third-order valence-corrected chi connectivity index (χ3v) is 7.28. The summed E-state index contributed by atoms with van der Waals surface area (Å²) in [7, 11) is 0. The Balaban J connectivity index is 1.46. The smallest absolute Gasteiger partial charge is 0.338 e. The quantitative estimate of drug-likeness (QED) is 0.309. The van der Waals surface area contributed by atoms with Gasteiger partial charge in [0.05, 0.1) is 35.8 Å². The second-order valence-corrected chi connectivity index (χ2v) is 9.17. The van der Waals surface area contributed by atoms with Gasteiger partial charge < -0.3 is 9.47 Å². The number of carbonyl (C=O) groups excluding carboxylic acids is 5. The van der Waals surface area contributed by atoms with Crippen LogP contribution in [0.5, 0.6) is 0 Å². The van der Waals surface area contributed by atoms with Crippen LogP contribution in [0.4, 0.5) is 5.69 Å². The molecule has 3 aliphatic rings. The maximum absolute atomic E-state index is 13.9. The molecule has 2 amide bonds. The Hall–Kier alpha value is -4.43. The van der Waals surface area contributed by atoms with Crippen LogP contribution in [0.1, 0.15) is 49.7 Å². The van der Waals surface area contributed by atoms with Crippen molar-refractivity contribution in [3.8, 4) is 0 Å². The number of imide groups is 1. The summed E-state index contributed by atoms with van der Waals surface area (Å²) < 4.78 is 11.2. The Morgan fingerprint density at radius 1 is 0.838 bits per heavy atom. The Bertz CT molecular complexity index is 1440. The first-order chi connectivity index (χ1) is 17.9. The Labute approximate surface area is 211 Å². The lowest BCUT2D eigenvalue weighted by Crippen LogP contribution is -2.51. The maximum Gasteiger partial charge on any atom is 0.338 e. The van der Waals surface area contributed by atoms with E-state index in [1.54, 1.807) is 49.4 Å². The van der Waals surface area contributed by atoms with Crippen molar-refractivity contribution in [1.29, 1.82) is 0 Å². The van der Waals surface area contributed by atoms with Gasteiger partial charge in [-0.1, -0.05) is 54.6 Å². The molecule has 0 N–H and O–H groups in total. The average molecular weight is 495 g/mol. The Morgan fingerprint density at radius 2 is 1.43 bits per heavy atom. The number of esters is 1. The fraction of sp³-hybridized carbons (Fsp3) is 0.207. The molecule has 1 aliphatic carbocycles. The van der Waals surface area contributed by atoms with Crippen LogP contribution >= 0.6 is 0 Å². The summed E-state index contributed by atoms with van der Waals surface area (Å²) in [6.07, 6.45) is -0.978. The van der Waals surface area contributed by atoms with Gasteiger partial charge in [0.1, 0.15) is 0 Å². The summed E-state index contributed by atoms with van der Waals surface area (Å²) in [5, 5.41) is 0. The zero-order valence-electron chi connectivity index (χ0n) is 19.7. The van der Waals surface area contributed by atoms with Crippen LogP contribution in [0.2, 0.25) is 0 Å². The average Bonchev–Trinajstić information content (AvgIpc) is 3.49. The number of rotatable bonds is 4. The number of amides is 2. The number of Topliss-reactive ketones (excluding diaryl/α,β-unsaturated/α-hetero) is 2. The number of anilines is 1. The van der Waals surface area contributed by atoms with E-state index in [1.165, 1.54) is 36.4 Å². The van der Waals surface area contributed by atoms with E-state index in [0.717, 1.165) is 4.90 Å². The molecule has 37 heavy (non-hydrogen) atoms. The second-order valence-electron chi connectivity index (χ2n) is 9.17. The molecule has 2 fully saturated rings. The highest BCUT2D eigenvalue weighted by molar-refractivity contribution is 6.37. The molecule has 0 bridgehead atoms. The number of hydrogen-bond donors (Lipinski definition) is 0. The highest BCUT2D eigenvalue weighted by Crippen LogP contribution is 2.57. The fourth-order valence-electron chi connectivity index (χ4n) is 5.68. The van der Waals surface area contributed by atoms with Crippen molar-refractivity contribution in [2.75, 3.05) is 11.5 Å². The number of fused-ring (bicyclic) bond motifs is 3. The monoisotopic (exact) mass is 495 g/mol. The number of ether oxygens (including phenoxy) is 2. The van der Waals surface area contributed by atoms with Gasteiger partial charge in [-0.3, -0.25) is 19.2 Å². The first-order valence-electron chi connectivity index (χ1n) is 12.0. The van der Waals surface area contributed by atoms with Crippen LogP contribution in [-0.4, -0.2) is 41.6 Å². The first-order valence-corrected chi connectivity index (χ1v) is 12.0. The van der Waals surface area contributed by atoms with E-state index in [9.17, 15) is 24.0 Å². The third-order valence-electron chi connectivity index (χ3n) is 7.28. The first kappa shape index (κ1) is 23.0. The summed E-state index contributed by atoms with van der Waals surface area (Å²) >= 11 is 0. The van der Waals surface area contributed by atoms with Gasteiger partial charge in [0, 0.05) is 11.1 Å². The van der Waals surface area contributed by atoms with Crippen molar-refractivity contribution in [2.24, 2.45) is 11.8 Å². The molecule has 0 saturated carbocycles. The van der Waals surface area contributed by atoms with Gasteiger partial charge in [-0.05, 0) is 36.8 Å². The molecule has 0 aromatic heterocycles. The lowest BCUT2D eigenvalue weighted by molar-refractivity contribution is -0.127. The highest BCUT2D eigenvalue weighted by atomic mass is 16.5. The molecule has 0 radical (unpaired) electrons. The topological polar surface area (TPSA) is 107 Å². The Morgan fingerprint density at radius 3 is 2.03 bits per heavy atom. The van der Waals surface area contributed by atoms with E-state index >= 15 is 0 Å². The van der Waals surface area contributed by atoms with Gasteiger partial charge in [0.15, 0.2) is 0 Å². The number of hydrogen-bond acceptors (Lipinski definition) is 7. The predicted octanol–water partition coefficient (Wildman–Crippen LogP) is 3.56. The van der Waals surface area contributed by atoms with Gasteiger partial charge in [0.2, 0.25) is 29.0 Å². The zero-order chi connectivity index (χ0) is 25.9. The molecule has 8 heteroatoms. The minimum Gasteiger partial charge on any atom is -0.462 e. The number of benzene rings is 3.